The number of amides is 1. The molecule has 0 saturated carbocycles. The predicted octanol–water partition coefficient (Wildman–Crippen LogP) is 3.51. The minimum Gasteiger partial charge on any atom is -0.440 e. The molecule has 3 rings (SSSR count). The van der Waals surface area contributed by atoms with Crippen molar-refractivity contribution in [2.24, 2.45) is 0 Å². The Bertz CT molecular complexity index is 799. The monoisotopic (exact) mass is 326 g/mol. The number of rotatable bonds is 6. The van der Waals surface area contributed by atoms with Crippen molar-refractivity contribution in [1.82, 2.24) is 10.3 Å². The van der Waals surface area contributed by atoms with Crippen LogP contribution >= 0.6 is 11.8 Å². The second-order valence-corrected chi connectivity index (χ2v) is 6.19. The first kappa shape index (κ1) is 15.6. The number of nitrogens with zero attached hydrogens (tertiary/aromatic N) is 1. The fourth-order valence-electron chi connectivity index (χ4n) is 2.33. The Morgan fingerprint density at radius 2 is 2.04 bits per heavy atom. The molecule has 0 atom stereocenters. The van der Waals surface area contributed by atoms with Crippen molar-refractivity contribution in [3.63, 3.8) is 0 Å². The molecule has 1 amide bonds. The van der Waals surface area contributed by atoms with Crippen molar-refractivity contribution in [2.75, 3.05) is 18.6 Å². The summed E-state index contributed by atoms with van der Waals surface area (Å²) < 4.78 is 5.76. The van der Waals surface area contributed by atoms with Crippen molar-refractivity contribution in [3.8, 4) is 0 Å². The fraction of sp³-hybridized carbons (Fsp3) is 0.222. The van der Waals surface area contributed by atoms with E-state index in [-0.39, 0.29) is 5.91 Å². The van der Waals surface area contributed by atoms with Gasteiger partial charge in [-0.15, -0.1) is 0 Å². The molecule has 23 heavy (non-hydrogen) atoms. The summed E-state index contributed by atoms with van der Waals surface area (Å²) in [6.07, 6.45) is 2.66. The van der Waals surface area contributed by atoms with Crippen molar-refractivity contribution in [2.45, 2.75) is 6.42 Å². The molecule has 1 N–H and O–H groups in total. The van der Waals surface area contributed by atoms with Crippen LogP contribution in [0.15, 0.2) is 52.9 Å². The number of thioether (sulfide) groups is 1. The molecule has 1 aromatic heterocycles. The molecule has 0 aliphatic rings. The van der Waals surface area contributed by atoms with Gasteiger partial charge in [0.1, 0.15) is 5.52 Å². The van der Waals surface area contributed by atoms with E-state index in [0.717, 1.165) is 11.3 Å². The third-order valence-electron chi connectivity index (χ3n) is 3.48. The lowest BCUT2D eigenvalue weighted by atomic mass is 10.1. The van der Waals surface area contributed by atoms with Crippen LogP contribution in [0.4, 0.5) is 0 Å². The van der Waals surface area contributed by atoms with E-state index in [1.165, 1.54) is 0 Å². The zero-order valence-corrected chi connectivity index (χ0v) is 13.7. The molecule has 0 radical (unpaired) electrons. The van der Waals surface area contributed by atoms with Crippen LogP contribution in [0, 0.1) is 0 Å². The van der Waals surface area contributed by atoms with Crippen LogP contribution in [0.25, 0.3) is 11.1 Å². The van der Waals surface area contributed by atoms with Gasteiger partial charge in [-0.2, -0.15) is 11.8 Å². The van der Waals surface area contributed by atoms with E-state index >= 15 is 0 Å². The van der Waals surface area contributed by atoms with Gasteiger partial charge in [0.15, 0.2) is 11.5 Å². The Kier molecular flexibility index (Phi) is 4.98. The summed E-state index contributed by atoms with van der Waals surface area (Å²) in [7, 11) is 0. The summed E-state index contributed by atoms with van der Waals surface area (Å²) in [5.74, 6) is 1.49. The Morgan fingerprint density at radius 3 is 2.83 bits per heavy atom. The van der Waals surface area contributed by atoms with Gasteiger partial charge in [0.2, 0.25) is 0 Å². The molecule has 0 aliphatic heterocycles. The number of carbonyl (C=O) groups excluding carboxylic acids is 1. The first-order chi connectivity index (χ1) is 11.3. The molecular formula is C18H18N2O2S. The number of oxazole rings is 1. The molecule has 5 heteroatoms. The molecule has 1 heterocycles. The van der Waals surface area contributed by atoms with E-state index in [9.17, 15) is 4.79 Å². The van der Waals surface area contributed by atoms with Crippen LogP contribution < -0.4 is 5.32 Å². The lowest BCUT2D eigenvalue weighted by Crippen LogP contribution is -2.25. The number of benzene rings is 2. The zero-order valence-electron chi connectivity index (χ0n) is 12.9. The highest BCUT2D eigenvalue weighted by molar-refractivity contribution is 7.98. The van der Waals surface area contributed by atoms with E-state index in [2.05, 4.69) is 10.3 Å². The Balaban J connectivity index is 1.76. The molecule has 0 bridgehead atoms. The van der Waals surface area contributed by atoms with Crippen molar-refractivity contribution >= 4 is 28.8 Å². The van der Waals surface area contributed by atoms with Crippen LogP contribution in [0.1, 0.15) is 21.8 Å². The third kappa shape index (κ3) is 3.93. The van der Waals surface area contributed by atoms with Gasteiger partial charge in [-0.1, -0.05) is 30.3 Å². The van der Waals surface area contributed by atoms with E-state index in [1.54, 1.807) is 30.0 Å². The topological polar surface area (TPSA) is 55.1 Å². The molecule has 0 saturated heterocycles. The second-order valence-electron chi connectivity index (χ2n) is 5.20. The highest BCUT2D eigenvalue weighted by atomic mass is 32.2. The second kappa shape index (κ2) is 7.33. The van der Waals surface area contributed by atoms with Crippen molar-refractivity contribution in [1.29, 1.82) is 0 Å². The molecule has 4 nitrogen and oxygen atoms in total. The maximum Gasteiger partial charge on any atom is 0.251 e. The van der Waals surface area contributed by atoms with Crippen LogP contribution in [0.5, 0.6) is 0 Å². The summed E-state index contributed by atoms with van der Waals surface area (Å²) in [5, 5.41) is 2.89. The van der Waals surface area contributed by atoms with Crippen LogP contribution in [-0.2, 0) is 6.42 Å². The van der Waals surface area contributed by atoms with Gasteiger partial charge >= 0.3 is 0 Å². The smallest absolute Gasteiger partial charge is 0.251 e. The summed E-state index contributed by atoms with van der Waals surface area (Å²) in [6, 6.07) is 15.4. The lowest BCUT2D eigenvalue weighted by molar-refractivity contribution is 0.0956. The Labute approximate surface area is 139 Å². The summed E-state index contributed by atoms with van der Waals surface area (Å²) in [6.45, 7) is 0.663. The number of fused-ring (bicyclic) bond motifs is 1. The normalized spacial score (nSPS) is 10.8. The molecule has 118 valence electrons. The SMILES string of the molecule is CSCCNC(=O)c1ccc2oc(Cc3ccccc3)nc2c1. The van der Waals surface area contributed by atoms with E-state index in [4.69, 9.17) is 4.42 Å². The lowest BCUT2D eigenvalue weighted by Gasteiger charge is -2.03. The average Bonchev–Trinajstić information content (AvgIpc) is 2.97. The third-order valence-corrected chi connectivity index (χ3v) is 4.10. The zero-order chi connectivity index (χ0) is 16.1. The van der Waals surface area contributed by atoms with Gasteiger partial charge in [0.25, 0.3) is 5.91 Å². The van der Waals surface area contributed by atoms with Gasteiger partial charge in [-0.25, -0.2) is 4.98 Å². The highest BCUT2D eigenvalue weighted by Gasteiger charge is 2.10. The molecule has 2 aromatic carbocycles. The summed E-state index contributed by atoms with van der Waals surface area (Å²) >= 11 is 1.70. The summed E-state index contributed by atoms with van der Waals surface area (Å²) in [5.41, 5.74) is 3.18. The minimum atomic E-state index is -0.0754. The highest BCUT2D eigenvalue weighted by Crippen LogP contribution is 2.19. The number of hydrogen-bond donors (Lipinski definition) is 1. The maximum absolute atomic E-state index is 12.1. The van der Waals surface area contributed by atoms with Crippen molar-refractivity contribution < 1.29 is 9.21 Å². The molecule has 0 spiro atoms. The number of carbonyl (C=O) groups is 1. The Hall–Kier alpha value is -2.27. The minimum absolute atomic E-state index is 0.0754. The number of aromatic nitrogens is 1. The standard InChI is InChI=1S/C18H18N2O2S/c1-23-10-9-19-18(21)14-7-8-16-15(12-14)20-17(22-16)11-13-5-3-2-4-6-13/h2-8,12H,9-11H2,1H3,(H,19,21). The van der Waals surface area contributed by atoms with Crippen LogP contribution in [0.2, 0.25) is 0 Å². The van der Waals surface area contributed by atoms with Gasteiger partial charge < -0.3 is 9.73 Å². The van der Waals surface area contributed by atoms with E-state index in [0.29, 0.717) is 35.5 Å². The fourth-order valence-corrected chi connectivity index (χ4v) is 2.64. The first-order valence-corrected chi connectivity index (χ1v) is 8.86. The quantitative estimate of drug-likeness (QED) is 0.704. The van der Waals surface area contributed by atoms with Crippen LogP contribution in [-0.4, -0.2) is 29.4 Å². The van der Waals surface area contributed by atoms with Gasteiger partial charge in [0, 0.05) is 24.3 Å². The van der Waals surface area contributed by atoms with Gasteiger partial charge in [-0.3, -0.25) is 4.79 Å². The molecule has 0 unspecified atom stereocenters. The summed E-state index contributed by atoms with van der Waals surface area (Å²) in [4.78, 5) is 16.6. The predicted molar refractivity (Wildman–Crippen MR) is 94.0 cm³/mol. The van der Waals surface area contributed by atoms with Gasteiger partial charge in [-0.05, 0) is 30.0 Å². The van der Waals surface area contributed by atoms with E-state index in [1.807, 2.05) is 36.6 Å². The van der Waals surface area contributed by atoms with Crippen LogP contribution in [0.3, 0.4) is 0 Å². The average molecular weight is 326 g/mol. The molecular weight excluding hydrogens is 308 g/mol. The first-order valence-electron chi connectivity index (χ1n) is 7.47. The van der Waals surface area contributed by atoms with E-state index < -0.39 is 0 Å². The largest absolute Gasteiger partial charge is 0.440 e. The molecule has 0 fully saturated rings. The maximum atomic E-state index is 12.1. The molecule has 3 aromatic rings. The Morgan fingerprint density at radius 1 is 1.22 bits per heavy atom. The number of hydrogen-bond acceptors (Lipinski definition) is 4. The number of nitrogens with one attached hydrogen (secondary N) is 1. The van der Waals surface area contributed by atoms with Gasteiger partial charge in [0.05, 0.1) is 0 Å². The van der Waals surface area contributed by atoms with Crippen molar-refractivity contribution in [3.05, 3.63) is 65.5 Å². The molecule has 0 aliphatic carbocycles.